The summed E-state index contributed by atoms with van der Waals surface area (Å²) in [6.07, 6.45) is 29.3. The Morgan fingerprint density at radius 3 is 0.913 bits per heavy atom. The summed E-state index contributed by atoms with van der Waals surface area (Å²) in [5.41, 5.74) is 13.1. The van der Waals surface area contributed by atoms with Crippen LogP contribution in [0.1, 0.15) is 203 Å². The quantitative estimate of drug-likeness (QED) is 0.0240. The van der Waals surface area contributed by atoms with Crippen molar-refractivity contribution >= 4 is 47.7 Å². The van der Waals surface area contributed by atoms with Gasteiger partial charge in [-0.3, -0.25) is 0 Å². The first-order valence-corrected chi connectivity index (χ1v) is 30.6. The molecule has 0 bridgehead atoms. The van der Waals surface area contributed by atoms with E-state index >= 15 is 0 Å². The maximum atomic E-state index is 2.63. The predicted molar refractivity (Wildman–Crippen MR) is 310 cm³/mol. The summed E-state index contributed by atoms with van der Waals surface area (Å²) >= 11 is 0. The Balaban J connectivity index is 0.00000162. The molecule has 0 aliphatic heterocycles. The summed E-state index contributed by atoms with van der Waals surface area (Å²) in [6, 6.07) is 47.9. The molecule has 0 N–H and O–H groups in total. The Morgan fingerprint density at radius 1 is 0.333 bits per heavy atom. The molecule has 3 heteroatoms. The summed E-state index contributed by atoms with van der Waals surface area (Å²) < 4.78 is 0. The maximum Gasteiger partial charge on any atom is 0 e. The molecule has 0 aliphatic rings. The molecule has 0 aromatic heterocycles. The largest absolute Gasteiger partial charge is 0.748 e. The molecule has 6 aromatic rings. The van der Waals surface area contributed by atoms with Gasteiger partial charge in [-0.05, 0) is 176 Å². The molecule has 6 rings (SSSR count). The molecule has 0 spiro atoms. The van der Waals surface area contributed by atoms with Crippen molar-refractivity contribution in [3.05, 3.63) is 166 Å². The minimum Gasteiger partial charge on any atom is -0.748 e. The fraction of sp³-hybridized carbons (Fsp3) is 0.485. The summed E-state index contributed by atoms with van der Waals surface area (Å²) in [7, 11) is -1.68. The number of benzene rings is 4. The first-order chi connectivity index (χ1) is 33.5. The van der Waals surface area contributed by atoms with Crippen molar-refractivity contribution in [1.82, 2.24) is 0 Å². The Labute approximate surface area is 436 Å². The summed E-state index contributed by atoms with van der Waals surface area (Å²) in [5.74, 6) is 0. The second kappa shape index (κ2) is 33.6. The molecule has 0 unspecified atom stereocenters. The Morgan fingerprint density at radius 2 is 0.609 bits per heavy atom. The minimum atomic E-state index is -0.839. The van der Waals surface area contributed by atoms with E-state index in [2.05, 4.69) is 146 Å². The first-order valence-electron chi connectivity index (χ1n) is 28.0. The first kappa shape index (κ1) is 58.5. The van der Waals surface area contributed by atoms with Gasteiger partial charge in [-0.25, -0.2) is 12.1 Å². The van der Waals surface area contributed by atoms with Crippen LogP contribution in [0.15, 0.2) is 121 Å². The van der Waals surface area contributed by atoms with Crippen LogP contribution in [-0.4, -0.2) is 0 Å². The molecule has 0 nitrogen and oxygen atoms in total. The van der Waals surface area contributed by atoms with Crippen LogP contribution in [-0.2, 0) is 67.9 Å². The van der Waals surface area contributed by atoms with E-state index in [9.17, 15) is 0 Å². The zero-order valence-corrected chi connectivity index (χ0v) is 47.5. The van der Waals surface area contributed by atoms with Gasteiger partial charge in [0.15, 0.2) is 0 Å². The SMILES string of the molecule is CCCCc1cccc(P(c2cccc(CCCC)c2CCCC)c2ccc[c-]2P(c2cccc(CCCC)c2CCCC)c2cccc(CCCC)c2CCCC)c1CCCC.[Ni].[cH-]1[cH-][cH-][cH-][cH-]1. The van der Waals surface area contributed by atoms with Crippen molar-refractivity contribution in [3.63, 3.8) is 0 Å². The number of hydrogen-bond acceptors (Lipinski definition) is 0. The second-order valence-corrected chi connectivity index (χ2v) is 23.6. The van der Waals surface area contributed by atoms with Gasteiger partial charge in [0.1, 0.15) is 0 Å². The number of unbranched alkanes of at least 4 members (excludes halogenated alkanes) is 8. The molecule has 0 aliphatic carbocycles. The summed E-state index contributed by atoms with van der Waals surface area (Å²) in [4.78, 5) is 0. The van der Waals surface area contributed by atoms with Crippen molar-refractivity contribution in [1.29, 1.82) is 0 Å². The molecule has 0 heterocycles. The Kier molecular flexibility index (Phi) is 28.5. The van der Waals surface area contributed by atoms with Crippen molar-refractivity contribution in [2.45, 2.75) is 209 Å². The third-order valence-corrected chi connectivity index (χ3v) is 19.6. The summed E-state index contributed by atoms with van der Waals surface area (Å²) in [5, 5.41) is 9.84. The van der Waals surface area contributed by atoms with Crippen LogP contribution >= 0.6 is 15.8 Å². The fourth-order valence-corrected chi connectivity index (χ4v) is 16.5. The smallest absolute Gasteiger partial charge is 0 e. The van der Waals surface area contributed by atoms with Gasteiger partial charge in [0.05, 0.1) is 0 Å². The number of hydrogen-bond donors (Lipinski definition) is 0. The van der Waals surface area contributed by atoms with Gasteiger partial charge in [0, 0.05) is 16.5 Å². The van der Waals surface area contributed by atoms with E-state index in [-0.39, 0.29) is 16.5 Å². The van der Waals surface area contributed by atoms with Gasteiger partial charge in [0.25, 0.3) is 0 Å². The molecule has 0 radical (unpaired) electrons. The van der Waals surface area contributed by atoms with E-state index in [0.717, 1.165) is 0 Å². The molecule has 0 fully saturated rings. The molecule has 6 aromatic carbocycles. The average Bonchev–Trinajstić information content (AvgIpc) is 4.12. The molecule has 69 heavy (non-hydrogen) atoms. The van der Waals surface area contributed by atoms with Crippen molar-refractivity contribution < 1.29 is 16.5 Å². The van der Waals surface area contributed by atoms with Gasteiger partial charge in [-0.1, -0.05) is 187 Å². The number of rotatable bonds is 30. The molecular formula is C66H92NiP2-6. The third-order valence-electron chi connectivity index (χ3n) is 14.1. The van der Waals surface area contributed by atoms with Crippen LogP contribution in [0.2, 0.25) is 0 Å². The maximum absolute atomic E-state index is 2.63. The molecule has 382 valence electrons. The Bertz CT molecular complexity index is 1990. The zero-order chi connectivity index (χ0) is 48.4. The standard InChI is InChI=1S/C61H87P2.C5H5.Ni/c1-9-17-30-48-34-25-42-56(52(48)38-21-13-5)62(57-43-26-35-49(31-18-10-2)53(57)39-22-14-6)60-46-29-47-61(60)63(58-44-27-36-50(32-19-11-3)54(58)40-23-15-7)59-45-28-37-51(33-20-12-4)55(59)41-24-16-8;1-2-4-5-3-1;/h25-29,34-37,42-47H,9-24,30-33,38-41H2,1-8H3;1-5H;/q-1;-5;. The minimum absolute atomic E-state index is 0. The van der Waals surface area contributed by atoms with Gasteiger partial charge < -0.3 is 30.3 Å². The van der Waals surface area contributed by atoms with Gasteiger partial charge in [-0.2, -0.15) is 6.07 Å². The van der Waals surface area contributed by atoms with Crippen LogP contribution in [0.3, 0.4) is 0 Å². The van der Waals surface area contributed by atoms with E-state index in [0.29, 0.717) is 0 Å². The van der Waals surface area contributed by atoms with Crippen LogP contribution in [0.4, 0.5) is 0 Å². The molecule has 0 saturated heterocycles. The topological polar surface area (TPSA) is 0 Å². The monoisotopic (exact) mass is 1000 g/mol. The predicted octanol–water partition coefficient (Wildman–Crippen LogP) is 17.1. The van der Waals surface area contributed by atoms with Crippen LogP contribution < -0.4 is 31.8 Å². The normalized spacial score (nSPS) is 11.3. The van der Waals surface area contributed by atoms with Crippen molar-refractivity contribution in [3.8, 4) is 0 Å². The van der Waals surface area contributed by atoms with E-state index in [1.165, 1.54) is 154 Å². The van der Waals surface area contributed by atoms with Gasteiger partial charge >= 0.3 is 0 Å². The van der Waals surface area contributed by atoms with E-state index < -0.39 is 15.8 Å². The number of aryl methyl sites for hydroxylation is 4. The zero-order valence-electron chi connectivity index (χ0n) is 44.7. The average molecular weight is 1010 g/mol. The third kappa shape index (κ3) is 16.7. The molecule has 0 saturated carbocycles. The molecular weight excluding hydrogens is 913 g/mol. The van der Waals surface area contributed by atoms with Crippen molar-refractivity contribution in [2.24, 2.45) is 0 Å². The Hall–Kier alpha value is -3.07. The van der Waals surface area contributed by atoms with Gasteiger partial charge in [-0.15, -0.1) is 10.6 Å². The van der Waals surface area contributed by atoms with E-state index in [1.807, 2.05) is 30.3 Å². The van der Waals surface area contributed by atoms with E-state index in [1.54, 1.807) is 76.3 Å². The second-order valence-electron chi connectivity index (χ2n) is 19.4. The van der Waals surface area contributed by atoms with E-state index in [4.69, 9.17) is 0 Å². The van der Waals surface area contributed by atoms with Crippen LogP contribution in [0, 0.1) is 0 Å². The van der Waals surface area contributed by atoms with Gasteiger partial charge in [0.2, 0.25) is 0 Å². The molecule has 0 amide bonds. The van der Waals surface area contributed by atoms with Crippen molar-refractivity contribution in [2.75, 3.05) is 0 Å². The fourth-order valence-electron chi connectivity index (χ4n) is 10.2. The van der Waals surface area contributed by atoms with Crippen LogP contribution in [0.5, 0.6) is 0 Å². The van der Waals surface area contributed by atoms with Crippen LogP contribution in [0.25, 0.3) is 0 Å². The summed E-state index contributed by atoms with van der Waals surface area (Å²) in [6.45, 7) is 19.0. The molecule has 0 atom stereocenters.